The summed E-state index contributed by atoms with van der Waals surface area (Å²) in [6.45, 7) is 0.961. The molecular formula is C15H15ClN2O2S. The first-order chi connectivity index (χ1) is 9.95. The SMILES string of the molecule is CN1CCc2ccc(NS(=O)(=O)c3ccc(Cl)cc3)cc21. The van der Waals surface area contributed by atoms with Gasteiger partial charge in [-0.3, -0.25) is 4.72 Å². The van der Waals surface area contributed by atoms with E-state index in [2.05, 4.69) is 9.62 Å². The van der Waals surface area contributed by atoms with E-state index in [4.69, 9.17) is 11.6 Å². The van der Waals surface area contributed by atoms with Crippen LogP contribution in [0.5, 0.6) is 0 Å². The van der Waals surface area contributed by atoms with E-state index in [-0.39, 0.29) is 4.90 Å². The third-order valence-electron chi connectivity index (χ3n) is 3.59. The van der Waals surface area contributed by atoms with Crippen molar-refractivity contribution in [3.8, 4) is 0 Å². The summed E-state index contributed by atoms with van der Waals surface area (Å²) in [6.07, 6.45) is 0.996. The Hall–Kier alpha value is -1.72. The van der Waals surface area contributed by atoms with E-state index in [1.807, 2.05) is 19.2 Å². The second-order valence-corrected chi connectivity index (χ2v) is 7.19. The van der Waals surface area contributed by atoms with E-state index in [0.717, 1.165) is 18.7 Å². The summed E-state index contributed by atoms with van der Waals surface area (Å²) in [5, 5.41) is 0.508. The molecule has 0 spiro atoms. The highest BCUT2D eigenvalue weighted by atomic mass is 35.5. The van der Waals surface area contributed by atoms with Crippen LogP contribution in [0.3, 0.4) is 0 Å². The molecule has 1 aliphatic heterocycles. The van der Waals surface area contributed by atoms with Crippen LogP contribution in [0, 0.1) is 0 Å². The summed E-state index contributed by atoms with van der Waals surface area (Å²) in [5.41, 5.74) is 2.88. The number of anilines is 2. The van der Waals surface area contributed by atoms with Gasteiger partial charge in [0.2, 0.25) is 0 Å². The number of likely N-dealkylation sites (N-methyl/N-ethyl adjacent to an activating group) is 1. The molecular weight excluding hydrogens is 308 g/mol. The number of hydrogen-bond acceptors (Lipinski definition) is 3. The van der Waals surface area contributed by atoms with Gasteiger partial charge in [0.15, 0.2) is 0 Å². The Morgan fingerprint density at radius 1 is 1.14 bits per heavy atom. The Kier molecular flexibility index (Phi) is 3.55. The van der Waals surface area contributed by atoms with Gasteiger partial charge in [-0.2, -0.15) is 0 Å². The topological polar surface area (TPSA) is 49.4 Å². The Labute approximate surface area is 129 Å². The Bertz CT molecular complexity index is 773. The van der Waals surface area contributed by atoms with Gasteiger partial charge >= 0.3 is 0 Å². The van der Waals surface area contributed by atoms with Crippen LogP contribution in [0.15, 0.2) is 47.4 Å². The third-order valence-corrected chi connectivity index (χ3v) is 5.24. The molecule has 6 heteroatoms. The summed E-state index contributed by atoms with van der Waals surface area (Å²) in [7, 11) is -1.59. The van der Waals surface area contributed by atoms with Crippen LogP contribution in [-0.2, 0) is 16.4 Å². The van der Waals surface area contributed by atoms with Crippen LogP contribution in [0.1, 0.15) is 5.56 Å². The van der Waals surface area contributed by atoms with Gasteiger partial charge in [0.05, 0.1) is 10.6 Å². The first kappa shape index (κ1) is 14.2. The summed E-state index contributed by atoms with van der Waals surface area (Å²) in [6, 6.07) is 11.7. The quantitative estimate of drug-likeness (QED) is 0.944. The maximum Gasteiger partial charge on any atom is 0.261 e. The molecule has 4 nitrogen and oxygen atoms in total. The van der Waals surface area contributed by atoms with Crippen molar-refractivity contribution in [3.63, 3.8) is 0 Å². The van der Waals surface area contributed by atoms with Crippen molar-refractivity contribution >= 4 is 33.0 Å². The summed E-state index contributed by atoms with van der Waals surface area (Å²) >= 11 is 5.78. The monoisotopic (exact) mass is 322 g/mol. The number of sulfonamides is 1. The maximum absolute atomic E-state index is 12.3. The van der Waals surface area contributed by atoms with E-state index in [0.29, 0.717) is 10.7 Å². The zero-order valence-corrected chi connectivity index (χ0v) is 13.1. The molecule has 21 heavy (non-hydrogen) atoms. The number of rotatable bonds is 3. The Balaban J connectivity index is 1.89. The average Bonchev–Trinajstić information content (AvgIpc) is 2.80. The van der Waals surface area contributed by atoms with Crippen molar-refractivity contribution < 1.29 is 8.42 Å². The van der Waals surface area contributed by atoms with E-state index in [9.17, 15) is 8.42 Å². The molecule has 0 saturated heterocycles. The molecule has 0 bridgehead atoms. The molecule has 0 amide bonds. The molecule has 0 radical (unpaired) electrons. The third kappa shape index (κ3) is 2.84. The molecule has 1 aliphatic rings. The minimum atomic E-state index is -3.59. The lowest BCUT2D eigenvalue weighted by Gasteiger charge is -2.14. The van der Waals surface area contributed by atoms with Gasteiger partial charge < -0.3 is 4.90 Å². The summed E-state index contributed by atoms with van der Waals surface area (Å²) < 4.78 is 27.3. The Morgan fingerprint density at radius 2 is 1.86 bits per heavy atom. The zero-order chi connectivity index (χ0) is 15.0. The van der Waals surface area contributed by atoms with Crippen LogP contribution in [0.2, 0.25) is 5.02 Å². The zero-order valence-electron chi connectivity index (χ0n) is 11.5. The molecule has 0 fully saturated rings. The fourth-order valence-electron chi connectivity index (χ4n) is 2.43. The van der Waals surface area contributed by atoms with Crippen molar-refractivity contribution in [1.29, 1.82) is 0 Å². The molecule has 1 heterocycles. The lowest BCUT2D eigenvalue weighted by atomic mass is 10.1. The van der Waals surface area contributed by atoms with Crippen molar-refractivity contribution in [3.05, 3.63) is 53.1 Å². The van der Waals surface area contributed by atoms with Gasteiger partial charge in [0.1, 0.15) is 0 Å². The minimum Gasteiger partial charge on any atom is -0.374 e. The predicted octanol–water partition coefficient (Wildman–Crippen LogP) is 3.13. The van der Waals surface area contributed by atoms with E-state index >= 15 is 0 Å². The van der Waals surface area contributed by atoms with Gasteiger partial charge in [-0.05, 0) is 48.4 Å². The largest absolute Gasteiger partial charge is 0.374 e. The fraction of sp³-hybridized carbons (Fsp3) is 0.200. The fourth-order valence-corrected chi connectivity index (χ4v) is 3.61. The average molecular weight is 323 g/mol. The molecule has 1 N–H and O–H groups in total. The molecule has 2 aromatic carbocycles. The summed E-state index contributed by atoms with van der Waals surface area (Å²) in [4.78, 5) is 2.32. The second kappa shape index (κ2) is 5.24. The maximum atomic E-state index is 12.3. The van der Waals surface area contributed by atoms with Crippen molar-refractivity contribution in [2.75, 3.05) is 23.2 Å². The number of nitrogens with one attached hydrogen (secondary N) is 1. The van der Waals surface area contributed by atoms with E-state index in [1.54, 1.807) is 18.2 Å². The van der Waals surface area contributed by atoms with Gasteiger partial charge in [-0.1, -0.05) is 17.7 Å². The van der Waals surface area contributed by atoms with Crippen molar-refractivity contribution in [2.24, 2.45) is 0 Å². The second-order valence-electron chi connectivity index (χ2n) is 5.07. The Morgan fingerprint density at radius 3 is 2.57 bits per heavy atom. The molecule has 0 aliphatic carbocycles. The van der Waals surface area contributed by atoms with Crippen molar-refractivity contribution in [1.82, 2.24) is 0 Å². The lowest BCUT2D eigenvalue weighted by Crippen LogP contribution is -2.14. The smallest absolute Gasteiger partial charge is 0.261 e. The number of nitrogens with zero attached hydrogens (tertiary/aromatic N) is 1. The molecule has 3 rings (SSSR count). The molecule has 110 valence electrons. The number of benzene rings is 2. The van der Waals surface area contributed by atoms with Gasteiger partial charge in [-0.25, -0.2) is 8.42 Å². The number of fused-ring (bicyclic) bond motifs is 1. The van der Waals surface area contributed by atoms with E-state index < -0.39 is 10.0 Å². The summed E-state index contributed by atoms with van der Waals surface area (Å²) in [5.74, 6) is 0. The normalized spacial score (nSPS) is 14.1. The van der Waals surface area contributed by atoms with E-state index in [1.165, 1.54) is 17.7 Å². The first-order valence-corrected chi connectivity index (χ1v) is 8.44. The number of halogens is 1. The lowest BCUT2D eigenvalue weighted by molar-refractivity contribution is 0.601. The molecule has 0 aromatic heterocycles. The molecule has 0 unspecified atom stereocenters. The van der Waals surface area contributed by atoms with Crippen molar-refractivity contribution in [2.45, 2.75) is 11.3 Å². The highest BCUT2D eigenvalue weighted by molar-refractivity contribution is 7.92. The molecule has 0 saturated carbocycles. The van der Waals surface area contributed by atoms with Crippen LogP contribution >= 0.6 is 11.6 Å². The highest BCUT2D eigenvalue weighted by Crippen LogP contribution is 2.30. The molecule has 2 aromatic rings. The van der Waals surface area contributed by atoms with Gasteiger partial charge in [0, 0.05) is 24.3 Å². The first-order valence-electron chi connectivity index (χ1n) is 6.58. The minimum absolute atomic E-state index is 0.195. The van der Waals surface area contributed by atoms with Crippen LogP contribution < -0.4 is 9.62 Å². The van der Waals surface area contributed by atoms with Gasteiger partial charge in [0.25, 0.3) is 10.0 Å². The highest BCUT2D eigenvalue weighted by Gasteiger charge is 2.18. The van der Waals surface area contributed by atoms with Crippen LogP contribution in [-0.4, -0.2) is 22.0 Å². The molecule has 0 atom stereocenters. The van der Waals surface area contributed by atoms with Gasteiger partial charge in [-0.15, -0.1) is 0 Å². The van der Waals surface area contributed by atoms with Crippen LogP contribution in [0.25, 0.3) is 0 Å². The predicted molar refractivity (Wildman–Crippen MR) is 85.7 cm³/mol. The standard InChI is InChI=1S/C15H15ClN2O2S/c1-18-9-8-11-2-5-13(10-15(11)18)17-21(19,20)14-6-3-12(16)4-7-14/h2-7,10,17H,8-9H2,1H3. The number of hydrogen-bond donors (Lipinski definition) is 1. The van der Waals surface area contributed by atoms with Crippen LogP contribution in [0.4, 0.5) is 11.4 Å².